The van der Waals surface area contributed by atoms with Crippen molar-refractivity contribution in [2.24, 2.45) is 5.10 Å². The van der Waals surface area contributed by atoms with Gasteiger partial charge >= 0.3 is 0 Å². The minimum absolute atomic E-state index is 0.0748. The third-order valence-electron chi connectivity index (χ3n) is 3.18. The summed E-state index contributed by atoms with van der Waals surface area (Å²) in [7, 11) is 0. The first kappa shape index (κ1) is 17.4. The molecule has 0 aliphatic heterocycles. The number of rotatable bonds is 6. The second kappa shape index (κ2) is 8.12. The Morgan fingerprint density at radius 1 is 1.19 bits per heavy atom. The fourth-order valence-electron chi connectivity index (χ4n) is 1.96. The lowest BCUT2D eigenvalue weighted by molar-refractivity contribution is -0.118. The molecule has 0 saturated carbocycles. The number of hydrogen-bond acceptors (Lipinski definition) is 8. The van der Waals surface area contributed by atoms with Crippen LogP contribution in [-0.2, 0) is 4.79 Å². The SMILES string of the molecule is O=C(CSc1nnnn1-c1ccccc1)NN=Cc1ccc(O)c(O)c1. The zero-order chi connectivity index (χ0) is 18.4. The Labute approximate surface area is 152 Å². The maximum atomic E-state index is 11.9. The molecule has 2 aromatic carbocycles. The van der Waals surface area contributed by atoms with Gasteiger partial charge in [-0.2, -0.15) is 9.78 Å². The van der Waals surface area contributed by atoms with Crippen LogP contribution in [0, 0.1) is 0 Å². The van der Waals surface area contributed by atoms with Crippen molar-refractivity contribution >= 4 is 23.9 Å². The van der Waals surface area contributed by atoms with Gasteiger partial charge in [-0.3, -0.25) is 4.79 Å². The summed E-state index contributed by atoms with van der Waals surface area (Å²) in [6.07, 6.45) is 1.36. The monoisotopic (exact) mass is 370 g/mol. The van der Waals surface area contributed by atoms with Crippen molar-refractivity contribution in [1.29, 1.82) is 0 Å². The van der Waals surface area contributed by atoms with Crippen LogP contribution in [0.5, 0.6) is 11.5 Å². The molecule has 0 bridgehead atoms. The van der Waals surface area contributed by atoms with E-state index >= 15 is 0 Å². The number of tetrazole rings is 1. The minimum atomic E-state index is -0.336. The lowest BCUT2D eigenvalue weighted by Crippen LogP contribution is -2.20. The minimum Gasteiger partial charge on any atom is -0.504 e. The zero-order valence-electron chi connectivity index (χ0n) is 13.4. The van der Waals surface area contributed by atoms with Crippen molar-refractivity contribution in [1.82, 2.24) is 25.6 Å². The van der Waals surface area contributed by atoms with Gasteiger partial charge in [-0.05, 0) is 46.3 Å². The summed E-state index contributed by atoms with van der Waals surface area (Å²) in [5.41, 5.74) is 3.70. The molecule has 0 fully saturated rings. The Balaban J connectivity index is 1.54. The molecule has 1 heterocycles. The highest BCUT2D eigenvalue weighted by Crippen LogP contribution is 2.24. The molecule has 3 aromatic rings. The highest BCUT2D eigenvalue weighted by Gasteiger charge is 2.11. The van der Waals surface area contributed by atoms with Crippen LogP contribution in [0.15, 0.2) is 58.8 Å². The number of phenolic OH excluding ortho intramolecular Hbond substituents is 2. The number of benzene rings is 2. The third kappa shape index (κ3) is 4.36. The molecule has 1 amide bonds. The first-order chi connectivity index (χ1) is 12.6. The summed E-state index contributed by atoms with van der Waals surface area (Å²) in [6.45, 7) is 0. The molecule has 10 heteroatoms. The number of nitrogens with one attached hydrogen (secondary N) is 1. The van der Waals surface area contributed by atoms with E-state index in [0.717, 1.165) is 5.69 Å². The second-order valence-electron chi connectivity index (χ2n) is 5.04. The van der Waals surface area contributed by atoms with E-state index in [1.807, 2.05) is 30.3 Å². The van der Waals surface area contributed by atoms with E-state index in [1.54, 1.807) is 10.7 Å². The molecule has 26 heavy (non-hydrogen) atoms. The number of aromatic hydroxyl groups is 2. The van der Waals surface area contributed by atoms with Gasteiger partial charge < -0.3 is 10.2 Å². The van der Waals surface area contributed by atoms with E-state index in [-0.39, 0.29) is 23.2 Å². The summed E-state index contributed by atoms with van der Waals surface area (Å²) in [6, 6.07) is 13.6. The fourth-order valence-corrected chi connectivity index (χ4v) is 2.65. The molecule has 0 atom stereocenters. The number of carbonyl (C=O) groups is 1. The number of aromatic nitrogens is 4. The molecule has 1 aromatic heterocycles. The van der Waals surface area contributed by atoms with Gasteiger partial charge in [0.2, 0.25) is 5.16 Å². The molecule has 0 unspecified atom stereocenters. The largest absolute Gasteiger partial charge is 0.504 e. The number of hydrogen-bond donors (Lipinski definition) is 3. The van der Waals surface area contributed by atoms with Crippen molar-refractivity contribution in [2.45, 2.75) is 5.16 Å². The molecule has 9 nitrogen and oxygen atoms in total. The molecule has 0 saturated heterocycles. The first-order valence-electron chi connectivity index (χ1n) is 7.44. The predicted molar refractivity (Wildman–Crippen MR) is 95.4 cm³/mol. The topological polar surface area (TPSA) is 126 Å². The molecule has 0 aliphatic rings. The van der Waals surface area contributed by atoms with Crippen LogP contribution in [0.25, 0.3) is 5.69 Å². The molecule has 3 rings (SSSR count). The number of phenols is 2. The summed E-state index contributed by atoms with van der Waals surface area (Å²) >= 11 is 1.18. The van der Waals surface area contributed by atoms with Crippen molar-refractivity contribution in [3.05, 3.63) is 54.1 Å². The number of amides is 1. The van der Waals surface area contributed by atoms with E-state index in [1.165, 1.54) is 30.1 Å². The Hall–Kier alpha value is -3.40. The molecule has 0 aliphatic carbocycles. The van der Waals surface area contributed by atoms with Gasteiger partial charge in [-0.1, -0.05) is 30.0 Å². The quantitative estimate of drug-likeness (QED) is 0.258. The van der Waals surface area contributed by atoms with Crippen LogP contribution in [0.3, 0.4) is 0 Å². The first-order valence-corrected chi connectivity index (χ1v) is 8.42. The number of carbonyl (C=O) groups excluding carboxylic acids is 1. The lowest BCUT2D eigenvalue weighted by Gasteiger charge is -2.03. The Morgan fingerprint density at radius 3 is 2.77 bits per heavy atom. The van der Waals surface area contributed by atoms with E-state index in [2.05, 4.69) is 26.1 Å². The number of para-hydroxylation sites is 1. The van der Waals surface area contributed by atoms with Crippen LogP contribution in [0.2, 0.25) is 0 Å². The standard InChI is InChI=1S/C16H14N6O3S/c23-13-7-6-11(8-14(13)24)9-17-18-15(25)10-26-16-19-20-21-22(16)12-4-2-1-3-5-12/h1-9,23-24H,10H2,(H,18,25). The Kier molecular flexibility index (Phi) is 5.44. The van der Waals surface area contributed by atoms with E-state index < -0.39 is 0 Å². The van der Waals surface area contributed by atoms with Crippen molar-refractivity contribution in [3.8, 4) is 17.2 Å². The lowest BCUT2D eigenvalue weighted by atomic mass is 10.2. The highest BCUT2D eigenvalue weighted by molar-refractivity contribution is 7.99. The molecular formula is C16H14N6O3S. The molecule has 3 N–H and O–H groups in total. The van der Waals surface area contributed by atoms with Crippen molar-refractivity contribution < 1.29 is 15.0 Å². The van der Waals surface area contributed by atoms with Gasteiger partial charge in [0.15, 0.2) is 11.5 Å². The van der Waals surface area contributed by atoms with E-state index in [0.29, 0.717) is 10.7 Å². The highest BCUT2D eigenvalue weighted by atomic mass is 32.2. The van der Waals surface area contributed by atoms with Gasteiger partial charge in [-0.15, -0.1) is 5.10 Å². The average Bonchev–Trinajstić information content (AvgIpc) is 3.12. The van der Waals surface area contributed by atoms with Gasteiger partial charge in [0.1, 0.15) is 0 Å². The van der Waals surface area contributed by atoms with Crippen LogP contribution in [0.4, 0.5) is 0 Å². The van der Waals surface area contributed by atoms with Crippen LogP contribution >= 0.6 is 11.8 Å². The maximum Gasteiger partial charge on any atom is 0.250 e. The Morgan fingerprint density at radius 2 is 2.00 bits per heavy atom. The molecular weight excluding hydrogens is 356 g/mol. The number of nitrogens with zero attached hydrogens (tertiary/aromatic N) is 5. The second-order valence-corrected chi connectivity index (χ2v) is 5.98. The third-order valence-corrected chi connectivity index (χ3v) is 4.10. The van der Waals surface area contributed by atoms with Gasteiger partial charge in [0, 0.05) is 0 Å². The molecule has 132 valence electrons. The van der Waals surface area contributed by atoms with Gasteiger partial charge in [-0.25, -0.2) is 5.43 Å². The summed E-state index contributed by atoms with van der Waals surface area (Å²) in [4.78, 5) is 11.9. The smallest absolute Gasteiger partial charge is 0.250 e. The summed E-state index contributed by atoms with van der Waals surface area (Å²) in [5, 5.41) is 34.4. The number of thioether (sulfide) groups is 1. The normalized spacial score (nSPS) is 10.9. The van der Waals surface area contributed by atoms with Crippen molar-refractivity contribution in [2.75, 3.05) is 5.75 Å². The van der Waals surface area contributed by atoms with E-state index in [4.69, 9.17) is 0 Å². The van der Waals surface area contributed by atoms with Crippen LogP contribution < -0.4 is 5.43 Å². The predicted octanol–water partition coefficient (Wildman–Crippen LogP) is 1.32. The fraction of sp³-hybridized carbons (Fsp3) is 0.0625. The number of hydrazone groups is 1. The van der Waals surface area contributed by atoms with Gasteiger partial charge in [0.05, 0.1) is 17.7 Å². The van der Waals surface area contributed by atoms with Crippen molar-refractivity contribution in [3.63, 3.8) is 0 Å². The Bertz CT molecular complexity index is 929. The molecule has 0 spiro atoms. The van der Waals surface area contributed by atoms with Crippen LogP contribution in [0.1, 0.15) is 5.56 Å². The zero-order valence-corrected chi connectivity index (χ0v) is 14.2. The molecule has 0 radical (unpaired) electrons. The average molecular weight is 370 g/mol. The summed E-state index contributed by atoms with van der Waals surface area (Å²) in [5.74, 6) is -0.745. The van der Waals surface area contributed by atoms with Crippen LogP contribution in [-0.4, -0.2) is 48.3 Å². The van der Waals surface area contributed by atoms with Gasteiger partial charge in [0.25, 0.3) is 5.91 Å². The maximum absolute atomic E-state index is 11.9. The van der Waals surface area contributed by atoms with E-state index in [9.17, 15) is 15.0 Å². The summed E-state index contributed by atoms with van der Waals surface area (Å²) < 4.78 is 1.54.